The Labute approximate surface area is 135 Å². The molecule has 0 radical (unpaired) electrons. The van der Waals surface area contributed by atoms with Crippen LogP contribution >= 0.6 is 11.8 Å². The molecule has 0 unspecified atom stereocenters. The van der Waals surface area contributed by atoms with Crippen molar-refractivity contribution < 1.29 is 4.79 Å². The first-order valence-corrected chi connectivity index (χ1v) is 8.01. The Bertz CT molecular complexity index is 884. The van der Waals surface area contributed by atoms with Gasteiger partial charge in [-0.2, -0.15) is 4.98 Å². The van der Waals surface area contributed by atoms with Gasteiger partial charge in [-0.1, -0.05) is 16.9 Å². The molecule has 3 aromatic rings. The molecule has 11 heteroatoms. The van der Waals surface area contributed by atoms with Gasteiger partial charge in [-0.25, -0.2) is 14.2 Å². The molecular formula is C12H15N9OS. The second kappa shape index (κ2) is 5.91. The number of hydrogen-bond acceptors (Lipinski definition) is 8. The molecule has 0 aromatic carbocycles. The van der Waals surface area contributed by atoms with Gasteiger partial charge in [0.1, 0.15) is 0 Å². The van der Waals surface area contributed by atoms with Gasteiger partial charge in [-0.05, 0) is 30.5 Å². The first-order chi connectivity index (χ1) is 11.0. The maximum atomic E-state index is 12.2. The molecule has 0 atom stereocenters. The van der Waals surface area contributed by atoms with E-state index in [1.807, 2.05) is 20.1 Å². The highest BCUT2D eigenvalue weighted by atomic mass is 32.2. The normalized spacial score (nSPS) is 11.1. The number of carbonyl (C=O) groups is 1. The highest BCUT2D eigenvalue weighted by molar-refractivity contribution is 7.98. The predicted molar refractivity (Wildman–Crippen MR) is 83.2 cm³/mol. The summed E-state index contributed by atoms with van der Waals surface area (Å²) in [7, 11) is 1.65. The van der Waals surface area contributed by atoms with Crippen LogP contribution in [0.5, 0.6) is 0 Å². The highest BCUT2D eigenvalue weighted by Crippen LogP contribution is 2.17. The average molecular weight is 333 g/mol. The summed E-state index contributed by atoms with van der Waals surface area (Å²) in [6, 6.07) is 0. The number of thioether (sulfide) groups is 1. The molecule has 10 nitrogen and oxygen atoms in total. The van der Waals surface area contributed by atoms with Crippen molar-refractivity contribution in [1.29, 1.82) is 0 Å². The zero-order valence-electron chi connectivity index (χ0n) is 13.1. The molecule has 0 bridgehead atoms. The number of carbonyl (C=O) groups excluding carboxylic acids is 1. The number of anilines is 1. The highest BCUT2D eigenvalue weighted by Gasteiger charge is 2.17. The van der Waals surface area contributed by atoms with E-state index in [1.165, 1.54) is 16.4 Å². The molecule has 0 spiro atoms. The fourth-order valence-electron chi connectivity index (χ4n) is 2.20. The average Bonchev–Trinajstić information content (AvgIpc) is 3.10. The standard InChI is InChI=1S/C12H15N9OS/c1-6-8(5-9(22)14-11-16-18-19-20(11)3)7(2)21-10(13-6)15-12(17-21)23-4/h5H2,1-4H3,(H,14,16,19,22). The molecule has 3 heterocycles. The second-order valence-corrected chi connectivity index (χ2v) is 5.70. The summed E-state index contributed by atoms with van der Waals surface area (Å²) in [5.41, 5.74) is 2.40. The third kappa shape index (κ3) is 2.86. The largest absolute Gasteiger partial charge is 0.293 e. The molecule has 0 aliphatic heterocycles. The third-order valence-electron chi connectivity index (χ3n) is 3.42. The van der Waals surface area contributed by atoms with E-state index in [-0.39, 0.29) is 12.3 Å². The first kappa shape index (κ1) is 15.3. The summed E-state index contributed by atoms with van der Waals surface area (Å²) in [6.45, 7) is 3.75. The van der Waals surface area contributed by atoms with Crippen LogP contribution in [0.3, 0.4) is 0 Å². The third-order valence-corrected chi connectivity index (χ3v) is 3.96. The fraction of sp³-hybridized carbons (Fsp3) is 0.417. The van der Waals surface area contributed by atoms with E-state index in [0.717, 1.165) is 17.0 Å². The number of fused-ring (bicyclic) bond motifs is 1. The van der Waals surface area contributed by atoms with E-state index < -0.39 is 0 Å². The van der Waals surface area contributed by atoms with Crippen LogP contribution in [0.15, 0.2) is 5.16 Å². The molecule has 3 rings (SSSR count). The van der Waals surface area contributed by atoms with Crippen LogP contribution in [0.1, 0.15) is 17.0 Å². The minimum Gasteiger partial charge on any atom is -0.293 e. The summed E-state index contributed by atoms with van der Waals surface area (Å²) in [4.78, 5) is 21.0. The van der Waals surface area contributed by atoms with Gasteiger partial charge < -0.3 is 0 Å². The quantitative estimate of drug-likeness (QED) is 0.672. The van der Waals surface area contributed by atoms with Gasteiger partial charge in [0, 0.05) is 24.0 Å². The second-order valence-electron chi connectivity index (χ2n) is 4.92. The van der Waals surface area contributed by atoms with Crippen molar-refractivity contribution >= 4 is 29.4 Å². The molecule has 0 saturated carbocycles. The van der Waals surface area contributed by atoms with Crippen molar-refractivity contribution in [3.8, 4) is 0 Å². The van der Waals surface area contributed by atoms with Gasteiger partial charge in [-0.15, -0.1) is 5.10 Å². The van der Waals surface area contributed by atoms with E-state index in [4.69, 9.17) is 0 Å². The van der Waals surface area contributed by atoms with Gasteiger partial charge in [0.05, 0.1) is 6.42 Å². The smallest absolute Gasteiger partial charge is 0.253 e. The van der Waals surface area contributed by atoms with Gasteiger partial charge in [0.25, 0.3) is 5.78 Å². The van der Waals surface area contributed by atoms with E-state index in [1.54, 1.807) is 11.6 Å². The van der Waals surface area contributed by atoms with Crippen LogP contribution in [0.4, 0.5) is 5.95 Å². The number of amides is 1. The van der Waals surface area contributed by atoms with Crippen LogP contribution in [-0.4, -0.2) is 52.0 Å². The lowest BCUT2D eigenvalue weighted by atomic mass is 10.1. The number of tetrazole rings is 1. The number of nitrogens with one attached hydrogen (secondary N) is 1. The number of hydrogen-bond donors (Lipinski definition) is 1. The Morgan fingerprint density at radius 1 is 1.30 bits per heavy atom. The first-order valence-electron chi connectivity index (χ1n) is 6.78. The van der Waals surface area contributed by atoms with Crippen LogP contribution in [0.2, 0.25) is 0 Å². The van der Waals surface area contributed by atoms with Gasteiger partial charge in [0.2, 0.25) is 17.0 Å². The molecule has 0 aliphatic carbocycles. The van der Waals surface area contributed by atoms with Gasteiger partial charge in [0.15, 0.2) is 0 Å². The van der Waals surface area contributed by atoms with E-state index in [0.29, 0.717) is 16.9 Å². The molecule has 0 fully saturated rings. The molecule has 1 amide bonds. The Hall–Kier alpha value is -2.56. The van der Waals surface area contributed by atoms with Gasteiger partial charge >= 0.3 is 0 Å². The van der Waals surface area contributed by atoms with Crippen molar-refractivity contribution in [1.82, 2.24) is 39.8 Å². The van der Waals surface area contributed by atoms with Crippen LogP contribution in [-0.2, 0) is 18.3 Å². The monoisotopic (exact) mass is 333 g/mol. The maximum Gasteiger partial charge on any atom is 0.253 e. The lowest BCUT2D eigenvalue weighted by molar-refractivity contribution is -0.115. The SMILES string of the molecule is CSc1nc2nc(C)c(CC(=O)Nc3nnnn3C)c(C)n2n1. The minimum absolute atomic E-state index is 0.155. The summed E-state index contributed by atoms with van der Waals surface area (Å²) >= 11 is 1.45. The lowest BCUT2D eigenvalue weighted by Crippen LogP contribution is -2.19. The van der Waals surface area contributed by atoms with Crippen molar-refractivity contribution in [3.05, 3.63) is 17.0 Å². The fourth-order valence-corrected chi connectivity index (χ4v) is 2.53. The van der Waals surface area contributed by atoms with E-state index in [2.05, 4.69) is 35.9 Å². The number of rotatable bonds is 4. The van der Waals surface area contributed by atoms with Crippen LogP contribution in [0, 0.1) is 13.8 Å². The van der Waals surface area contributed by atoms with Crippen LogP contribution < -0.4 is 5.32 Å². The Balaban J connectivity index is 1.90. The number of aryl methyl sites for hydroxylation is 3. The Morgan fingerprint density at radius 2 is 2.09 bits per heavy atom. The van der Waals surface area contributed by atoms with Crippen molar-refractivity contribution in [3.63, 3.8) is 0 Å². The molecule has 120 valence electrons. The number of nitrogens with zero attached hydrogens (tertiary/aromatic N) is 8. The molecule has 1 N–H and O–H groups in total. The van der Waals surface area contributed by atoms with Crippen molar-refractivity contribution in [2.24, 2.45) is 7.05 Å². The van der Waals surface area contributed by atoms with Crippen molar-refractivity contribution in [2.75, 3.05) is 11.6 Å². The Morgan fingerprint density at radius 3 is 2.74 bits per heavy atom. The van der Waals surface area contributed by atoms with Crippen molar-refractivity contribution in [2.45, 2.75) is 25.4 Å². The predicted octanol–water partition coefficient (Wildman–Crippen LogP) is 0.168. The Kier molecular flexibility index (Phi) is 3.94. The van der Waals surface area contributed by atoms with Crippen LogP contribution in [0.25, 0.3) is 5.78 Å². The van der Waals surface area contributed by atoms with E-state index in [9.17, 15) is 4.79 Å². The lowest BCUT2D eigenvalue weighted by Gasteiger charge is -2.10. The molecule has 0 aliphatic rings. The van der Waals surface area contributed by atoms with E-state index >= 15 is 0 Å². The zero-order valence-corrected chi connectivity index (χ0v) is 13.9. The molecule has 0 saturated heterocycles. The summed E-state index contributed by atoms with van der Waals surface area (Å²) in [5, 5.41) is 18.6. The maximum absolute atomic E-state index is 12.2. The molecule has 23 heavy (non-hydrogen) atoms. The summed E-state index contributed by atoms with van der Waals surface area (Å²) < 4.78 is 3.05. The minimum atomic E-state index is -0.222. The zero-order chi connectivity index (χ0) is 16.6. The summed E-state index contributed by atoms with van der Waals surface area (Å²) in [6.07, 6.45) is 2.06. The topological polar surface area (TPSA) is 116 Å². The summed E-state index contributed by atoms with van der Waals surface area (Å²) in [5.74, 6) is 0.608. The molecule has 3 aromatic heterocycles. The van der Waals surface area contributed by atoms with Gasteiger partial charge in [-0.3, -0.25) is 10.1 Å². The number of aromatic nitrogens is 8. The molecular weight excluding hydrogens is 318 g/mol.